The molecule has 0 unspecified atom stereocenters. The first kappa shape index (κ1) is 22.5. The zero-order valence-corrected chi connectivity index (χ0v) is 21.2. The third-order valence-electron chi connectivity index (χ3n) is 7.65. The second-order valence-electron chi connectivity index (χ2n) is 9.49. The molecule has 7 rings (SSSR count). The second kappa shape index (κ2) is 8.94. The van der Waals surface area contributed by atoms with Crippen LogP contribution in [0, 0.1) is 0 Å². The van der Waals surface area contributed by atoms with Crippen LogP contribution in [0.1, 0.15) is 44.5 Å². The quantitative estimate of drug-likeness (QED) is 0.295. The normalized spacial score (nSPS) is 13.1. The molecule has 3 aliphatic rings. The maximum atomic E-state index is 6.08. The standard InChI is InChI=1S/C32H30O4/c1-33-28-14-12-19-15-20-7-5-8-21(30(20)34-2)16-22-9-6-10-23(31(22)35-3)17-24-11-13-25-26(32(24)36-4)18-27(28)29(19)25/h5-14H,15-18H2,1-4H3. The number of fused-ring (bicyclic) bond motifs is 1. The maximum absolute atomic E-state index is 6.08. The molecule has 4 nitrogen and oxygen atoms in total. The lowest BCUT2D eigenvalue weighted by Gasteiger charge is -2.18. The van der Waals surface area contributed by atoms with E-state index in [2.05, 4.69) is 60.7 Å². The molecule has 0 spiro atoms. The van der Waals surface area contributed by atoms with Crippen LogP contribution in [0.5, 0.6) is 23.0 Å². The summed E-state index contributed by atoms with van der Waals surface area (Å²) >= 11 is 0. The molecule has 0 saturated carbocycles. The highest BCUT2D eigenvalue weighted by Gasteiger charge is 2.30. The summed E-state index contributed by atoms with van der Waals surface area (Å²) in [6, 6.07) is 21.6. The Hall–Kier alpha value is -3.92. The predicted molar refractivity (Wildman–Crippen MR) is 142 cm³/mol. The Morgan fingerprint density at radius 2 is 0.944 bits per heavy atom. The Kier molecular flexibility index (Phi) is 5.60. The molecule has 0 aliphatic heterocycles. The molecular formula is C32H30O4. The molecule has 0 saturated heterocycles. The third-order valence-corrected chi connectivity index (χ3v) is 7.65. The van der Waals surface area contributed by atoms with Crippen molar-refractivity contribution in [3.05, 3.63) is 105 Å². The van der Waals surface area contributed by atoms with Gasteiger partial charge in [0.1, 0.15) is 23.0 Å². The lowest BCUT2D eigenvalue weighted by Crippen LogP contribution is -2.04. The molecule has 0 fully saturated rings. The second-order valence-corrected chi connectivity index (χ2v) is 9.49. The van der Waals surface area contributed by atoms with E-state index in [-0.39, 0.29) is 0 Å². The molecule has 4 aromatic carbocycles. The summed E-state index contributed by atoms with van der Waals surface area (Å²) in [5.41, 5.74) is 12.0. The van der Waals surface area contributed by atoms with Crippen LogP contribution in [0.15, 0.2) is 60.7 Å². The van der Waals surface area contributed by atoms with Crippen LogP contribution in [0.3, 0.4) is 0 Å². The summed E-state index contributed by atoms with van der Waals surface area (Å²) < 4.78 is 23.9. The van der Waals surface area contributed by atoms with Gasteiger partial charge in [-0.25, -0.2) is 0 Å². The van der Waals surface area contributed by atoms with E-state index in [0.29, 0.717) is 0 Å². The van der Waals surface area contributed by atoms with Crippen molar-refractivity contribution in [2.75, 3.05) is 28.4 Å². The highest BCUT2D eigenvalue weighted by Crippen LogP contribution is 2.49. The molecule has 0 aromatic heterocycles. The average Bonchev–Trinajstić information content (AvgIpc) is 3.29. The van der Waals surface area contributed by atoms with Crippen LogP contribution in [-0.2, 0) is 25.7 Å². The van der Waals surface area contributed by atoms with E-state index in [1.807, 2.05) is 0 Å². The van der Waals surface area contributed by atoms with Gasteiger partial charge in [-0.2, -0.15) is 0 Å². The number of methoxy groups -OCH3 is 4. The van der Waals surface area contributed by atoms with Gasteiger partial charge in [-0.05, 0) is 50.6 Å². The fourth-order valence-electron chi connectivity index (χ4n) is 6.16. The largest absolute Gasteiger partial charge is 0.496 e. The molecule has 0 amide bonds. The van der Waals surface area contributed by atoms with Crippen molar-refractivity contribution in [2.24, 2.45) is 0 Å². The van der Waals surface area contributed by atoms with Crippen molar-refractivity contribution < 1.29 is 18.9 Å². The highest BCUT2D eigenvalue weighted by atomic mass is 16.5. The minimum atomic E-state index is 0.727. The molecule has 0 radical (unpaired) electrons. The summed E-state index contributed by atoms with van der Waals surface area (Å²) in [6.45, 7) is 0. The van der Waals surface area contributed by atoms with Crippen molar-refractivity contribution in [3.63, 3.8) is 0 Å². The number of rotatable bonds is 4. The van der Waals surface area contributed by atoms with Crippen LogP contribution in [0.25, 0.3) is 11.1 Å². The summed E-state index contributed by atoms with van der Waals surface area (Å²) in [4.78, 5) is 0. The smallest absolute Gasteiger partial charge is 0.126 e. The van der Waals surface area contributed by atoms with E-state index in [0.717, 1.165) is 70.9 Å². The van der Waals surface area contributed by atoms with E-state index in [1.165, 1.54) is 33.4 Å². The van der Waals surface area contributed by atoms with Crippen LogP contribution >= 0.6 is 0 Å². The molecule has 4 heteroatoms. The van der Waals surface area contributed by atoms with E-state index < -0.39 is 0 Å². The van der Waals surface area contributed by atoms with Crippen molar-refractivity contribution in [2.45, 2.75) is 25.7 Å². The average molecular weight is 479 g/mol. The van der Waals surface area contributed by atoms with E-state index >= 15 is 0 Å². The summed E-state index contributed by atoms with van der Waals surface area (Å²) in [6.07, 6.45) is 3.01. The van der Waals surface area contributed by atoms with Gasteiger partial charge < -0.3 is 18.9 Å². The highest BCUT2D eigenvalue weighted by molar-refractivity contribution is 5.85. The fraction of sp³-hybridized carbons (Fsp3) is 0.250. The zero-order chi connectivity index (χ0) is 24.8. The molecule has 0 heterocycles. The Bertz CT molecular complexity index is 1480. The van der Waals surface area contributed by atoms with Gasteiger partial charge >= 0.3 is 0 Å². The van der Waals surface area contributed by atoms with Crippen molar-refractivity contribution in [1.82, 2.24) is 0 Å². The monoisotopic (exact) mass is 478 g/mol. The SMILES string of the molecule is COc1ccc2c3c1Cc1c-3ccc(c1OC)Cc1cccc(c1OC)Cc1cccc(c1OC)C2. The van der Waals surface area contributed by atoms with Gasteiger partial charge in [0.25, 0.3) is 0 Å². The Labute approximate surface area is 212 Å². The zero-order valence-electron chi connectivity index (χ0n) is 21.2. The molecule has 3 aliphatic carbocycles. The molecule has 0 N–H and O–H groups in total. The Balaban J connectivity index is 1.66. The molecule has 182 valence electrons. The predicted octanol–water partition coefficient (Wildman–Crippen LogP) is 6.38. The first-order chi connectivity index (χ1) is 17.7. The van der Waals surface area contributed by atoms with E-state index in [1.54, 1.807) is 28.4 Å². The van der Waals surface area contributed by atoms with Gasteiger partial charge in [-0.1, -0.05) is 54.6 Å². The number of hydrogen-bond acceptors (Lipinski definition) is 4. The van der Waals surface area contributed by atoms with Gasteiger partial charge in [-0.3, -0.25) is 0 Å². The Morgan fingerprint density at radius 3 is 1.47 bits per heavy atom. The Morgan fingerprint density at radius 1 is 0.444 bits per heavy atom. The lowest BCUT2D eigenvalue weighted by atomic mass is 9.92. The van der Waals surface area contributed by atoms with Gasteiger partial charge in [0.15, 0.2) is 0 Å². The van der Waals surface area contributed by atoms with Gasteiger partial charge in [0.2, 0.25) is 0 Å². The summed E-state index contributed by atoms with van der Waals surface area (Å²) in [5.74, 6) is 3.74. The summed E-state index contributed by atoms with van der Waals surface area (Å²) in [5, 5.41) is 0. The third kappa shape index (κ3) is 3.43. The molecule has 36 heavy (non-hydrogen) atoms. The molecule has 4 aromatic rings. The minimum absolute atomic E-state index is 0.727. The minimum Gasteiger partial charge on any atom is -0.496 e. The van der Waals surface area contributed by atoms with Crippen LogP contribution in [0.2, 0.25) is 0 Å². The summed E-state index contributed by atoms with van der Waals surface area (Å²) in [7, 11) is 7.05. The topological polar surface area (TPSA) is 36.9 Å². The van der Waals surface area contributed by atoms with Gasteiger partial charge in [0, 0.05) is 36.8 Å². The van der Waals surface area contributed by atoms with Crippen LogP contribution < -0.4 is 18.9 Å². The maximum Gasteiger partial charge on any atom is 0.126 e. The van der Waals surface area contributed by atoms with E-state index in [9.17, 15) is 0 Å². The van der Waals surface area contributed by atoms with Gasteiger partial charge in [0.05, 0.1) is 28.4 Å². The van der Waals surface area contributed by atoms with Crippen LogP contribution in [0.4, 0.5) is 0 Å². The van der Waals surface area contributed by atoms with Crippen molar-refractivity contribution in [1.29, 1.82) is 0 Å². The number of ether oxygens (including phenoxy) is 4. The number of para-hydroxylation sites is 2. The fourth-order valence-corrected chi connectivity index (χ4v) is 6.16. The molecular weight excluding hydrogens is 448 g/mol. The van der Waals surface area contributed by atoms with Crippen molar-refractivity contribution >= 4 is 0 Å². The van der Waals surface area contributed by atoms with E-state index in [4.69, 9.17) is 18.9 Å². The molecule has 0 atom stereocenters. The first-order valence-corrected chi connectivity index (χ1v) is 12.3. The number of hydrogen-bond donors (Lipinski definition) is 0. The number of benzene rings is 4. The molecule has 8 bridgehead atoms. The van der Waals surface area contributed by atoms with Gasteiger partial charge in [-0.15, -0.1) is 0 Å². The first-order valence-electron chi connectivity index (χ1n) is 12.3. The van der Waals surface area contributed by atoms with Crippen molar-refractivity contribution in [3.8, 4) is 34.1 Å². The van der Waals surface area contributed by atoms with Crippen LogP contribution in [-0.4, -0.2) is 28.4 Å². The lowest BCUT2D eigenvalue weighted by molar-refractivity contribution is 0.398.